The van der Waals surface area contributed by atoms with Crippen molar-refractivity contribution in [3.63, 3.8) is 0 Å². The van der Waals surface area contributed by atoms with Gasteiger partial charge in [-0.2, -0.15) is 0 Å². The lowest BCUT2D eigenvalue weighted by molar-refractivity contribution is -0.143. The molecule has 0 fully saturated rings. The van der Waals surface area contributed by atoms with Crippen molar-refractivity contribution >= 4 is 28.8 Å². The number of carbonyl (C=O) groups is 3. The molecular formula is C19H21NO8. The van der Waals surface area contributed by atoms with Crippen molar-refractivity contribution < 1.29 is 33.8 Å². The Morgan fingerprint density at radius 2 is 1.96 bits per heavy atom. The van der Waals surface area contributed by atoms with Gasteiger partial charge in [0, 0.05) is 23.9 Å². The summed E-state index contributed by atoms with van der Waals surface area (Å²) in [5.41, 5.74) is 0.716. The second-order valence-corrected chi connectivity index (χ2v) is 6.18. The molecule has 1 aromatic carbocycles. The molecular weight excluding hydrogens is 370 g/mol. The normalized spacial score (nSPS) is 11.8. The Bertz CT molecular complexity index is 933. The Morgan fingerprint density at radius 1 is 1.21 bits per heavy atom. The molecule has 0 aliphatic carbocycles. The van der Waals surface area contributed by atoms with E-state index >= 15 is 0 Å². The van der Waals surface area contributed by atoms with Crippen LogP contribution in [0, 0.1) is 0 Å². The maximum atomic E-state index is 11.9. The number of carbonyl (C=O) groups excluding carboxylic acids is 1. The molecule has 1 atom stereocenters. The van der Waals surface area contributed by atoms with Crippen LogP contribution in [0.3, 0.4) is 0 Å². The topological polar surface area (TPSA) is 143 Å². The molecule has 2 rings (SSSR count). The second-order valence-electron chi connectivity index (χ2n) is 6.18. The van der Waals surface area contributed by atoms with Crippen LogP contribution >= 0.6 is 0 Å². The standard InChI is InChI=1S/C19H21NO8/c1-2-3-11-8-18(24)28-15-9-12(4-5-13(11)15)27-10-16(21)20-14(19(25)26)6-7-17(22)23/h4-5,8-9,14H,2-3,6-7,10H2,1H3,(H,20,21)(H,22,23)(H,25,26). The number of benzene rings is 1. The van der Waals surface area contributed by atoms with Crippen molar-refractivity contribution in [2.45, 2.75) is 38.6 Å². The number of nitrogens with one attached hydrogen (secondary N) is 1. The van der Waals surface area contributed by atoms with Crippen LogP contribution in [-0.4, -0.2) is 40.7 Å². The van der Waals surface area contributed by atoms with Gasteiger partial charge in [-0.05, 0) is 30.5 Å². The SMILES string of the molecule is CCCc1cc(=O)oc2cc(OCC(=O)NC(CCC(=O)O)C(=O)O)ccc12. The van der Waals surface area contributed by atoms with E-state index in [1.165, 1.54) is 12.1 Å². The monoisotopic (exact) mass is 391 g/mol. The zero-order chi connectivity index (χ0) is 20.7. The van der Waals surface area contributed by atoms with Crippen molar-refractivity contribution in [3.05, 3.63) is 40.2 Å². The number of hydrogen-bond acceptors (Lipinski definition) is 6. The van der Waals surface area contributed by atoms with Crippen LogP contribution in [0.15, 0.2) is 33.5 Å². The first-order chi connectivity index (χ1) is 13.3. The van der Waals surface area contributed by atoms with E-state index in [0.29, 0.717) is 5.58 Å². The maximum Gasteiger partial charge on any atom is 0.336 e. The van der Waals surface area contributed by atoms with Crippen molar-refractivity contribution in [2.75, 3.05) is 6.61 Å². The number of aryl methyl sites for hydroxylation is 1. The third-order valence-corrected chi connectivity index (χ3v) is 3.97. The molecule has 2 aromatic rings. The van der Waals surface area contributed by atoms with E-state index in [9.17, 15) is 19.2 Å². The van der Waals surface area contributed by atoms with E-state index in [0.717, 1.165) is 23.8 Å². The number of carboxylic acid groups (broad SMARTS) is 2. The minimum Gasteiger partial charge on any atom is -0.484 e. The van der Waals surface area contributed by atoms with E-state index in [1.54, 1.807) is 12.1 Å². The molecule has 150 valence electrons. The van der Waals surface area contributed by atoms with Crippen LogP contribution in [0.5, 0.6) is 5.75 Å². The molecule has 0 saturated carbocycles. The molecule has 0 aliphatic rings. The van der Waals surface area contributed by atoms with Gasteiger partial charge in [-0.3, -0.25) is 9.59 Å². The zero-order valence-electron chi connectivity index (χ0n) is 15.3. The van der Waals surface area contributed by atoms with E-state index in [1.807, 2.05) is 6.92 Å². The van der Waals surface area contributed by atoms with Gasteiger partial charge in [0.15, 0.2) is 6.61 Å². The lowest BCUT2D eigenvalue weighted by Gasteiger charge is -2.14. The van der Waals surface area contributed by atoms with Crippen LogP contribution in [0.25, 0.3) is 11.0 Å². The van der Waals surface area contributed by atoms with Crippen LogP contribution in [0.4, 0.5) is 0 Å². The number of amides is 1. The number of aliphatic carboxylic acids is 2. The average Bonchev–Trinajstić information content (AvgIpc) is 2.62. The maximum absolute atomic E-state index is 11.9. The Morgan fingerprint density at radius 3 is 2.61 bits per heavy atom. The van der Waals surface area contributed by atoms with Crippen LogP contribution in [-0.2, 0) is 20.8 Å². The van der Waals surface area contributed by atoms with Gasteiger partial charge in [-0.1, -0.05) is 13.3 Å². The summed E-state index contributed by atoms with van der Waals surface area (Å²) in [7, 11) is 0. The fraction of sp³-hybridized carbons (Fsp3) is 0.368. The summed E-state index contributed by atoms with van der Waals surface area (Å²) in [6, 6.07) is 4.96. The van der Waals surface area contributed by atoms with Crippen LogP contribution in [0.1, 0.15) is 31.7 Å². The smallest absolute Gasteiger partial charge is 0.336 e. The third-order valence-electron chi connectivity index (χ3n) is 3.97. The van der Waals surface area contributed by atoms with Crippen molar-refractivity contribution in [1.29, 1.82) is 0 Å². The van der Waals surface area contributed by atoms with Gasteiger partial charge < -0.3 is 24.7 Å². The van der Waals surface area contributed by atoms with Crippen LogP contribution in [0.2, 0.25) is 0 Å². The van der Waals surface area contributed by atoms with E-state index < -0.39 is 36.1 Å². The Labute approximate surface area is 159 Å². The molecule has 1 amide bonds. The van der Waals surface area contributed by atoms with Gasteiger partial charge in [0.25, 0.3) is 5.91 Å². The molecule has 0 saturated heterocycles. The summed E-state index contributed by atoms with van der Waals surface area (Å²) in [5.74, 6) is -2.92. The predicted octanol–water partition coefficient (Wildman–Crippen LogP) is 1.56. The molecule has 1 aromatic heterocycles. The van der Waals surface area contributed by atoms with Crippen molar-refractivity contribution in [3.8, 4) is 5.75 Å². The quantitative estimate of drug-likeness (QED) is 0.518. The van der Waals surface area contributed by atoms with Crippen molar-refractivity contribution in [1.82, 2.24) is 5.32 Å². The molecule has 9 nitrogen and oxygen atoms in total. The molecule has 1 heterocycles. The van der Waals surface area contributed by atoms with Gasteiger partial charge in [0.1, 0.15) is 17.4 Å². The summed E-state index contributed by atoms with van der Waals surface area (Å²) in [6.07, 6.45) is 0.959. The highest BCUT2D eigenvalue weighted by Gasteiger charge is 2.21. The number of fused-ring (bicyclic) bond motifs is 1. The average molecular weight is 391 g/mol. The highest BCUT2D eigenvalue weighted by Crippen LogP contribution is 2.23. The largest absolute Gasteiger partial charge is 0.484 e. The van der Waals surface area contributed by atoms with Crippen LogP contribution < -0.4 is 15.7 Å². The van der Waals surface area contributed by atoms with E-state index in [2.05, 4.69) is 5.32 Å². The predicted molar refractivity (Wildman–Crippen MR) is 98.4 cm³/mol. The van der Waals surface area contributed by atoms with Gasteiger partial charge in [0.05, 0.1) is 0 Å². The van der Waals surface area contributed by atoms with Gasteiger partial charge in [0.2, 0.25) is 0 Å². The molecule has 1 unspecified atom stereocenters. The molecule has 3 N–H and O–H groups in total. The summed E-state index contributed by atoms with van der Waals surface area (Å²) in [4.78, 5) is 45.2. The van der Waals surface area contributed by atoms with Gasteiger partial charge in [-0.25, -0.2) is 9.59 Å². The minimum atomic E-state index is -1.33. The zero-order valence-corrected chi connectivity index (χ0v) is 15.3. The molecule has 0 bridgehead atoms. The third kappa shape index (κ3) is 5.83. The summed E-state index contributed by atoms with van der Waals surface area (Å²) in [5, 5.41) is 20.7. The van der Waals surface area contributed by atoms with Gasteiger partial charge in [-0.15, -0.1) is 0 Å². The lowest BCUT2D eigenvalue weighted by Crippen LogP contribution is -2.43. The number of hydrogen-bond donors (Lipinski definition) is 3. The van der Waals surface area contributed by atoms with E-state index in [-0.39, 0.29) is 18.6 Å². The highest BCUT2D eigenvalue weighted by atomic mass is 16.5. The molecule has 0 radical (unpaired) electrons. The fourth-order valence-electron chi connectivity index (χ4n) is 2.69. The highest BCUT2D eigenvalue weighted by molar-refractivity contribution is 5.85. The number of ether oxygens (including phenoxy) is 1. The lowest BCUT2D eigenvalue weighted by atomic mass is 10.1. The molecule has 0 spiro atoms. The molecule has 28 heavy (non-hydrogen) atoms. The Hall–Kier alpha value is -3.36. The summed E-state index contributed by atoms with van der Waals surface area (Å²) >= 11 is 0. The number of rotatable bonds is 10. The minimum absolute atomic E-state index is 0.238. The first-order valence-corrected chi connectivity index (χ1v) is 8.73. The molecule has 0 aliphatic heterocycles. The van der Waals surface area contributed by atoms with Crippen molar-refractivity contribution in [2.24, 2.45) is 0 Å². The first kappa shape index (κ1) is 20.9. The summed E-state index contributed by atoms with van der Waals surface area (Å²) in [6.45, 7) is 1.53. The Kier molecular flexibility index (Phi) is 7.14. The number of carboxylic acids is 2. The fourth-order valence-corrected chi connectivity index (χ4v) is 2.69. The Balaban J connectivity index is 2.04. The van der Waals surface area contributed by atoms with E-state index in [4.69, 9.17) is 19.4 Å². The molecule has 9 heteroatoms. The van der Waals surface area contributed by atoms with Gasteiger partial charge >= 0.3 is 17.6 Å². The second kappa shape index (κ2) is 9.54. The first-order valence-electron chi connectivity index (χ1n) is 8.73. The summed E-state index contributed by atoms with van der Waals surface area (Å²) < 4.78 is 10.5.